The molecule has 13 N–H and O–H groups in total. The Labute approximate surface area is 867 Å². The largest absolute Gasteiger partial charge is 0.465 e. The zero-order valence-electron chi connectivity index (χ0n) is 82.3. The lowest BCUT2D eigenvalue weighted by molar-refractivity contribution is -0.138. The number of carbonyl (C=O) groups excluding carboxylic acids is 12. The molecule has 10 aromatic heterocycles. The third-order valence-electron chi connectivity index (χ3n) is 18.8. The van der Waals surface area contributed by atoms with Crippen molar-refractivity contribution >= 4 is 253 Å². The van der Waals surface area contributed by atoms with E-state index in [0.29, 0.717) is 89.1 Å². The van der Waals surface area contributed by atoms with E-state index >= 15 is 0 Å². The highest BCUT2D eigenvalue weighted by atomic mass is 35.5. The van der Waals surface area contributed by atoms with Gasteiger partial charge in [0.05, 0.1) is 82.4 Å². The summed E-state index contributed by atoms with van der Waals surface area (Å²) in [7, 11) is 5.07. The van der Waals surface area contributed by atoms with Crippen molar-refractivity contribution in [2.24, 2.45) is 0 Å². The predicted octanol–water partition coefficient (Wildman–Crippen LogP) is 24.2. The maximum Gasteiger partial charge on any atom is 0.445 e. The number of ether oxygens (including phenoxy) is 6. The average molecular weight is 2180 g/mol. The van der Waals surface area contributed by atoms with E-state index in [9.17, 15) is 70.7 Å². The molecule has 10 heterocycles. The average Bonchev–Trinajstić information content (AvgIpc) is 1.67. The molecule has 0 bridgehead atoms. The van der Waals surface area contributed by atoms with Crippen molar-refractivity contribution in [3.05, 3.63) is 176 Å². The van der Waals surface area contributed by atoms with Gasteiger partial charge in [-0.25, -0.2) is 47.9 Å². The van der Waals surface area contributed by atoms with Crippen LogP contribution in [-0.4, -0.2) is 147 Å². The van der Waals surface area contributed by atoms with Gasteiger partial charge < -0.3 is 80.4 Å². The van der Waals surface area contributed by atoms with Crippen molar-refractivity contribution in [1.82, 2.24) is 45.8 Å². The highest BCUT2D eigenvalue weighted by Crippen LogP contribution is 2.44. The minimum atomic E-state index is -4.64. The normalized spacial score (nSPS) is 11.7. The number of rotatable bonds is 24. The Kier molecular flexibility index (Phi) is 41.4. The Hall–Kier alpha value is -13.1. The maximum absolute atomic E-state index is 12.5. The molecular formula is C91H108Cl2F3N21O19S8. The fourth-order valence-electron chi connectivity index (χ4n) is 11.3. The first-order valence-corrected chi connectivity index (χ1v) is 50.4. The molecule has 12 amide bonds. The van der Waals surface area contributed by atoms with Gasteiger partial charge in [0.2, 0.25) is 31.3 Å². The van der Waals surface area contributed by atoms with Crippen LogP contribution in [0.3, 0.4) is 0 Å². The molecule has 0 saturated heterocycles. The summed E-state index contributed by atoms with van der Waals surface area (Å²) in [4.78, 5) is 150. The van der Waals surface area contributed by atoms with Gasteiger partial charge in [0.15, 0.2) is 0 Å². The number of esters is 4. The van der Waals surface area contributed by atoms with Crippen molar-refractivity contribution in [1.29, 1.82) is 0 Å². The first kappa shape index (κ1) is 116. The molecule has 1 aliphatic rings. The number of aryl methyl sites for hydroxylation is 4. The number of aromatic nitrogens is 9. The first-order chi connectivity index (χ1) is 67.4. The molecule has 0 unspecified atom stereocenters. The van der Waals surface area contributed by atoms with E-state index in [1.54, 1.807) is 30.3 Å². The van der Waals surface area contributed by atoms with Crippen LogP contribution < -0.4 is 63.8 Å². The molecule has 0 spiro atoms. The number of H-pyrrole nitrogens is 1. The van der Waals surface area contributed by atoms with E-state index < -0.39 is 71.2 Å². The third kappa shape index (κ3) is 35.7. The minimum Gasteiger partial charge on any atom is -0.465 e. The number of benzene rings is 2. The number of anilines is 12. The second-order valence-corrected chi connectivity index (χ2v) is 45.4. The second-order valence-electron chi connectivity index (χ2n) is 35.8. The summed E-state index contributed by atoms with van der Waals surface area (Å²) in [6, 6.07) is 19.5. The molecule has 53 heteroatoms. The van der Waals surface area contributed by atoms with E-state index in [-0.39, 0.29) is 84.5 Å². The number of aromatic amines is 1. The summed E-state index contributed by atoms with van der Waals surface area (Å²) < 4.78 is 71.6. The fourth-order valence-corrected chi connectivity index (χ4v) is 18.5. The lowest BCUT2D eigenvalue weighted by Gasteiger charge is -2.15. The standard InChI is InChI=1S/C18H23N3O3.C17H18Cl2N2O4.C16H20N4O3S2.C14H15F3N4O3S2.C14H18N4O3S2.C12H14N4O3S2/c1-11-6-8-12(9-7-11)19-17(23)20-13-10-14(18(2,3)4)21-15(13)16(22)24-5;1-17(2,3)13-8-12(14(25-13)15(22)24-4)21-16(23)20-9-5-6-10(18)11(19)7-9;1-16(2,3)10-7-9(11(24-10)13(21)23-4)17-14(22)18-15-20-19-12(25-15)8-5-6-8;1-13(2,3)7-5-6(8(25-7)9(22)24-4)18-11(23)19-12-21-20-10(26-12)14(15,16)17;1-8-17-18-13(22-8)16-12(20)15-9-5-11(14(2,3)4)23-10(9)6-21-7-19;1-3-10-15-16-12(21-10)14-11(18)13-8-4-7(2)20-9(8)5-19-6-17/h6-10,21H,1-5H3,(H2,19,20,23);5-8H,1-4H3,(H2,20,21,23);7-8H,5-6H2,1-4H3,(H2,17,18,20,22);5H,1-4H3,(H2,18,19,21,23);5,7H,6H2,1-4H3,(H2,15,16,18,20);4,6H,3,5H2,1-2H3,(H2,13,14,16,18). The Bertz CT molecular complexity index is 6520. The van der Waals surface area contributed by atoms with Crippen molar-refractivity contribution in [3.8, 4) is 0 Å². The smallest absolute Gasteiger partial charge is 0.445 e. The lowest BCUT2D eigenvalue weighted by atomic mass is 9.92. The number of furan rings is 1. The second kappa shape index (κ2) is 51.4. The van der Waals surface area contributed by atoms with Crippen molar-refractivity contribution < 1.29 is 104 Å². The summed E-state index contributed by atoms with van der Waals surface area (Å²) >= 11 is 21.4. The van der Waals surface area contributed by atoms with Gasteiger partial charge in [0.1, 0.15) is 49.4 Å². The predicted molar refractivity (Wildman–Crippen MR) is 556 cm³/mol. The minimum absolute atomic E-state index is 0.0622. The zero-order chi connectivity index (χ0) is 107. The van der Waals surface area contributed by atoms with Crippen LogP contribution in [0.25, 0.3) is 0 Å². The SMILES string of the molecule is CCc1nnc(NC(=O)Nc2cc(C)sc2COC=O)s1.COC(=O)c1[nH]c(C(C)(C)C)cc1NC(=O)Nc1ccc(C)cc1.COC(=O)c1oc(C(C)(C)C)cc1NC(=O)Nc1ccc(Cl)c(Cl)c1.COC(=O)c1sc(C(C)(C)C)cc1NC(=O)Nc1nnc(C(F)(F)F)s1.COC(=O)c1sc(C(C)(C)C)cc1NC(=O)Nc1nnc(C2CC2)s1.Cc1nnc(NC(=O)Nc2cc(C(C)(C)C)sc2COC=O)s1. The first-order valence-electron chi connectivity index (χ1n) is 43.1. The number of halogens is 5. The van der Waals surface area contributed by atoms with Crippen molar-refractivity contribution in [3.63, 3.8) is 0 Å². The zero-order valence-corrected chi connectivity index (χ0v) is 90.3. The highest BCUT2D eigenvalue weighted by molar-refractivity contribution is 7.17. The maximum atomic E-state index is 12.5. The number of carbonyl (C=O) groups is 12. The molecule has 774 valence electrons. The molecular weight excluding hydrogens is 2080 g/mol. The molecule has 1 saturated carbocycles. The van der Waals surface area contributed by atoms with Crippen LogP contribution in [0.5, 0.6) is 0 Å². The van der Waals surface area contributed by atoms with Gasteiger partial charge in [-0.3, -0.25) is 30.9 Å². The fraction of sp³-hybridized carbons (Fsp3) is 0.385. The number of hydrogen-bond donors (Lipinski definition) is 13. The lowest BCUT2D eigenvalue weighted by Crippen LogP contribution is -2.20. The number of amides is 12. The monoisotopic (exact) mass is 2180 g/mol. The Morgan fingerprint density at radius 2 is 0.854 bits per heavy atom. The van der Waals surface area contributed by atoms with Crippen LogP contribution in [0, 0.1) is 20.8 Å². The summed E-state index contributed by atoms with van der Waals surface area (Å²) in [6.07, 6.45) is -1.60. The molecule has 0 aliphatic heterocycles. The number of urea groups is 6. The van der Waals surface area contributed by atoms with E-state index in [4.69, 9.17) is 56.0 Å². The van der Waals surface area contributed by atoms with Gasteiger partial charge in [-0.15, -0.1) is 86.1 Å². The number of alkyl halides is 3. The molecule has 1 aliphatic carbocycles. The molecule has 13 rings (SSSR count). The molecule has 0 atom stereocenters. The number of hydrogen-bond acceptors (Lipinski definition) is 35. The van der Waals surface area contributed by atoms with Gasteiger partial charge in [0, 0.05) is 59.4 Å². The number of thiophene rings is 4. The highest BCUT2D eigenvalue weighted by Gasteiger charge is 2.37. The molecule has 1 fully saturated rings. The Morgan fingerprint density at radius 3 is 1.31 bits per heavy atom. The molecule has 40 nitrogen and oxygen atoms in total. The number of methoxy groups -OCH3 is 4. The van der Waals surface area contributed by atoms with E-state index in [1.807, 2.05) is 153 Å². The molecule has 12 aromatic rings. The molecule has 2 aromatic carbocycles. The van der Waals surface area contributed by atoms with Crippen LogP contribution in [0.2, 0.25) is 10.0 Å². The van der Waals surface area contributed by atoms with Gasteiger partial charge in [0.25, 0.3) is 12.9 Å². The van der Waals surface area contributed by atoms with Crippen molar-refractivity contribution in [2.75, 3.05) is 92.2 Å². The van der Waals surface area contributed by atoms with Gasteiger partial charge >= 0.3 is 66.2 Å². The van der Waals surface area contributed by atoms with E-state index in [2.05, 4.69) is 130 Å². The van der Waals surface area contributed by atoms with E-state index in [0.717, 1.165) is 86.1 Å². The van der Waals surface area contributed by atoms with Crippen molar-refractivity contribution in [2.45, 2.75) is 203 Å². The van der Waals surface area contributed by atoms with Crippen LogP contribution >= 0.6 is 114 Å². The van der Waals surface area contributed by atoms with Crippen LogP contribution in [-0.2, 0) is 90.9 Å². The third-order valence-corrected chi connectivity index (χ3v) is 28.8. The molecule has 0 radical (unpaired) electrons. The topological polar surface area (TPSA) is 537 Å². The Morgan fingerprint density at radius 1 is 0.424 bits per heavy atom. The summed E-state index contributed by atoms with van der Waals surface area (Å²) in [5, 5.41) is 64.3. The van der Waals surface area contributed by atoms with Gasteiger partial charge in [-0.05, 0) is 117 Å². The van der Waals surface area contributed by atoms with Gasteiger partial charge in [-0.1, -0.05) is 197 Å². The van der Waals surface area contributed by atoms with Crippen LogP contribution in [0.1, 0.15) is 236 Å². The quantitative estimate of drug-likeness (QED) is 0.0152. The number of nitrogens with zero attached hydrogens (tertiary/aromatic N) is 8. The number of nitrogens with one attached hydrogen (secondary N) is 13. The van der Waals surface area contributed by atoms with E-state index in [1.165, 1.54) is 103 Å². The Balaban J connectivity index is 0.000000211. The summed E-state index contributed by atoms with van der Waals surface area (Å²) in [5.74, 6) is -1.35. The molecule has 144 heavy (non-hydrogen) atoms. The summed E-state index contributed by atoms with van der Waals surface area (Å²) in [6.45, 7) is 38.7. The van der Waals surface area contributed by atoms with Crippen LogP contribution in [0.4, 0.5) is 108 Å². The van der Waals surface area contributed by atoms with Crippen LogP contribution in [0.15, 0.2) is 83.3 Å². The van der Waals surface area contributed by atoms with Gasteiger partial charge in [-0.2, -0.15) is 13.2 Å². The summed E-state index contributed by atoms with van der Waals surface area (Å²) in [5.41, 5.74) is 4.75.